The van der Waals surface area contributed by atoms with Crippen molar-refractivity contribution < 1.29 is 4.39 Å². The summed E-state index contributed by atoms with van der Waals surface area (Å²) >= 11 is 1.40. The SMILES string of the molecule is Cc1c(N)nc(C(C)C)nc1Sc1cccc(F)c1. The zero-order valence-electron chi connectivity index (χ0n) is 11.1. The topological polar surface area (TPSA) is 51.8 Å². The predicted octanol–water partition coefficient (Wildman–Crippen LogP) is 3.78. The third kappa shape index (κ3) is 3.23. The first-order chi connectivity index (χ1) is 8.97. The molecule has 0 fully saturated rings. The highest BCUT2D eigenvalue weighted by atomic mass is 32.2. The minimum Gasteiger partial charge on any atom is -0.383 e. The van der Waals surface area contributed by atoms with Crippen LogP contribution in [0.2, 0.25) is 0 Å². The molecule has 0 bridgehead atoms. The molecule has 2 N–H and O–H groups in total. The third-order valence-electron chi connectivity index (χ3n) is 2.68. The minimum absolute atomic E-state index is 0.203. The number of rotatable bonds is 3. The minimum atomic E-state index is -0.256. The van der Waals surface area contributed by atoms with Gasteiger partial charge in [0.2, 0.25) is 0 Å². The lowest BCUT2D eigenvalue weighted by Crippen LogP contribution is -2.05. The van der Waals surface area contributed by atoms with E-state index in [1.807, 2.05) is 26.8 Å². The first-order valence-electron chi connectivity index (χ1n) is 6.05. The lowest BCUT2D eigenvalue weighted by molar-refractivity contribution is 0.624. The van der Waals surface area contributed by atoms with Crippen LogP contribution in [0.4, 0.5) is 10.2 Å². The van der Waals surface area contributed by atoms with E-state index in [0.29, 0.717) is 11.6 Å². The van der Waals surface area contributed by atoms with Crippen molar-refractivity contribution in [1.29, 1.82) is 0 Å². The second-order valence-electron chi connectivity index (χ2n) is 4.61. The van der Waals surface area contributed by atoms with E-state index in [9.17, 15) is 4.39 Å². The molecule has 1 aromatic carbocycles. The first kappa shape index (κ1) is 13.8. The number of anilines is 1. The van der Waals surface area contributed by atoms with Crippen molar-refractivity contribution in [3.8, 4) is 0 Å². The van der Waals surface area contributed by atoms with Crippen LogP contribution in [0.5, 0.6) is 0 Å². The van der Waals surface area contributed by atoms with Gasteiger partial charge in [0, 0.05) is 16.4 Å². The van der Waals surface area contributed by atoms with Gasteiger partial charge in [-0.25, -0.2) is 14.4 Å². The molecule has 1 heterocycles. The fourth-order valence-corrected chi connectivity index (χ4v) is 2.47. The van der Waals surface area contributed by atoms with E-state index < -0.39 is 0 Å². The number of halogens is 1. The Bertz CT molecular complexity index is 599. The summed E-state index contributed by atoms with van der Waals surface area (Å²) in [5, 5.41) is 0.779. The maximum absolute atomic E-state index is 13.2. The molecule has 100 valence electrons. The van der Waals surface area contributed by atoms with Crippen LogP contribution in [0.15, 0.2) is 34.2 Å². The smallest absolute Gasteiger partial charge is 0.134 e. The van der Waals surface area contributed by atoms with Gasteiger partial charge in [-0.3, -0.25) is 0 Å². The van der Waals surface area contributed by atoms with Crippen LogP contribution in [0, 0.1) is 12.7 Å². The lowest BCUT2D eigenvalue weighted by Gasteiger charge is -2.11. The monoisotopic (exact) mass is 277 g/mol. The van der Waals surface area contributed by atoms with Gasteiger partial charge >= 0.3 is 0 Å². The van der Waals surface area contributed by atoms with Crippen molar-refractivity contribution in [2.45, 2.75) is 36.6 Å². The van der Waals surface area contributed by atoms with Crippen LogP contribution < -0.4 is 5.73 Å². The van der Waals surface area contributed by atoms with E-state index in [4.69, 9.17) is 5.73 Å². The summed E-state index contributed by atoms with van der Waals surface area (Å²) in [6.45, 7) is 5.91. The number of benzene rings is 1. The van der Waals surface area contributed by atoms with E-state index in [0.717, 1.165) is 15.5 Å². The molecular formula is C14H16FN3S. The normalized spacial score (nSPS) is 11.0. The summed E-state index contributed by atoms with van der Waals surface area (Å²) in [6.07, 6.45) is 0. The van der Waals surface area contributed by atoms with Crippen LogP contribution in [-0.2, 0) is 0 Å². The third-order valence-corrected chi connectivity index (χ3v) is 3.76. The maximum atomic E-state index is 13.2. The van der Waals surface area contributed by atoms with Gasteiger partial charge in [-0.2, -0.15) is 0 Å². The molecule has 0 aliphatic heterocycles. The lowest BCUT2D eigenvalue weighted by atomic mass is 10.2. The van der Waals surface area contributed by atoms with E-state index >= 15 is 0 Å². The van der Waals surface area contributed by atoms with Crippen LogP contribution in [-0.4, -0.2) is 9.97 Å². The number of nitrogen functional groups attached to an aromatic ring is 1. The summed E-state index contributed by atoms with van der Waals surface area (Å²) in [4.78, 5) is 9.58. The van der Waals surface area contributed by atoms with Crippen LogP contribution in [0.3, 0.4) is 0 Å². The number of aromatic nitrogens is 2. The molecule has 0 amide bonds. The molecule has 2 aromatic rings. The van der Waals surface area contributed by atoms with Crippen molar-refractivity contribution >= 4 is 17.6 Å². The summed E-state index contributed by atoms with van der Waals surface area (Å²) in [6, 6.07) is 6.43. The Morgan fingerprint density at radius 1 is 1.26 bits per heavy atom. The maximum Gasteiger partial charge on any atom is 0.134 e. The average Bonchev–Trinajstić information content (AvgIpc) is 2.34. The van der Waals surface area contributed by atoms with E-state index in [-0.39, 0.29) is 11.7 Å². The molecule has 0 saturated carbocycles. The Balaban J connectivity index is 2.39. The fourth-order valence-electron chi connectivity index (χ4n) is 1.53. The first-order valence-corrected chi connectivity index (χ1v) is 6.86. The molecule has 2 rings (SSSR count). The number of hydrogen-bond acceptors (Lipinski definition) is 4. The molecule has 0 radical (unpaired) electrons. The standard InChI is InChI=1S/C14H16FN3S/c1-8(2)13-17-12(16)9(3)14(18-13)19-11-6-4-5-10(15)7-11/h4-8H,1-3H3,(H2,16,17,18). The molecule has 1 aromatic heterocycles. The van der Waals surface area contributed by atoms with Gasteiger partial charge in [0.1, 0.15) is 22.5 Å². The van der Waals surface area contributed by atoms with Crippen molar-refractivity contribution in [2.24, 2.45) is 0 Å². The summed E-state index contributed by atoms with van der Waals surface area (Å²) < 4.78 is 13.2. The van der Waals surface area contributed by atoms with Gasteiger partial charge in [-0.15, -0.1) is 0 Å². The van der Waals surface area contributed by atoms with Gasteiger partial charge in [0.25, 0.3) is 0 Å². The number of hydrogen-bond donors (Lipinski definition) is 1. The second-order valence-corrected chi connectivity index (χ2v) is 5.67. The van der Waals surface area contributed by atoms with E-state index in [1.54, 1.807) is 6.07 Å². The molecule has 19 heavy (non-hydrogen) atoms. The number of nitrogens with two attached hydrogens (primary N) is 1. The Kier molecular flexibility index (Phi) is 4.04. The number of nitrogens with zero attached hydrogens (tertiary/aromatic N) is 2. The van der Waals surface area contributed by atoms with Crippen molar-refractivity contribution in [3.63, 3.8) is 0 Å². The van der Waals surface area contributed by atoms with Gasteiger partial charge in [0.05, 0.1) is 0 Å². The van der Waals surface area contributed by atoms with Gasteiger partial charge in [0.15, 0.2) is 0 Å². The Morgan fingerprint density at radius 2 is 2.00 bits per heavy atom. The molecule has 0 spiro atoms. The zero-order chi connectivity index (χ0) is 14.0. The molecule has 0 atom stereocenters. The second kappa shape index (κ2) is 5.57. The molecule has 0 saturated heterocycles. The Hall–Kier alpha value is -1.62. The van der Waals surface area contributed by atoms with Gasteiger partial charge in [-0.1, -0.05) is 31.7 Å². The van der Waals surface area contributed by atoms with E-state index in [1.165, 1.54) is 23.9 Å². The fraction of sp³-hybridized carbons (Fsp3) is 0.286. The molecule has 0 aliphatic rings. The summed E-state index contributed by atoms with van der Waals surface area (Å²) in [5.41, 5.74) is 6.74. The Morgan fingerprint density at radius 3 is 2.63 bits per heavy atom. The summed E-state index contributed by atoms with van der Waals surface area (Å²) in [5.74, 6) is 1.14. The Labute approximate surface area is 116 Å². The van der Waals surface area contributed by atoms with Gasteiger partial charge < -0.3 is 5.73 Å². The summed E-state index contributed by atoms with van der Waals surface area (Å²) in [7, 11) is 0. The molecule has 0 aliphatic carbocycles. The van der Waals surface area contributed by atoms with Crippen LogP contribution in [0.1, 0.15) is 31.2 Å². The molecule has 0 unspecified atom stereocenters. The van der Waals surface area contributed by atoms with Crippen LogP contribution in [0.25, 0.3) is 0 Å². The van der Waals surface area contributed by atoms with Crippen molar-refractivity contribution in [1.82, 2.24) is 9.97 Å². The van der Waals surface area contributed by atoms with Crippen LogP contribution >= 0.6 is 11.8 Å². The predicted molar refractivity (Wildman–Crippen MR) is 75.8 cm³/mol. The molecular weight excluding hydrogens is 261 g/mol. The molecule has 5 heteroatoms. The van der Waals surface area contributed by atoms with E-state index in [2.05, 4.69) is 9.97 Å². The van der Waals surface area contributed by atoms with Crippen molar-refractivity contribution in [2.75, 3.05) is 5.73 Å². The highest BCUT2D eigenvalue weighted by molar-refractivity contribution is 7.99. The highest BCUT2D eigenvalue weighted by Gasteiger charge is 2.12. The average molecular weight is 277 g/mol. The highest BCUT2D eigenvalue weighted by Crippen LogP contribution is 2.31. The molecule has 3 nitrogen and oxygen atoms in total. The zero-order valence-corrected chi connectivity index (χ0v) is 12.0. The van der Waals surface area contributed by atoms with Crippen molar-refractivity contribution in [3.05, 3.63) is 41.5 Å². The largest absolute Gasteiger partial charge is 0.383 e. The quantitative estimate of drug-likeness (QED) is 0.867. The van der Waals surface area contributed by atoms with Gasteiger partial charge in [-0.05, 0) is 25.1 Å².